The first-order chi connectivity index (χ1) is 13.6. The first-order valence-corrected chi connectivity index (χ1v) is 8.35. The van der Waals surface area contributed by atoms with E-state index in [-0.39, 0.29) is 0 Å². The van der Waals surface area contributed by atoms with Crippen LogP contribution in [0.3, 0.4) is 0 Å². The van der Waals surface area contributed by atoms with Gasteiger partial charge in [-0.25, -0.2) is 8.78 Å². The molecule has 5 aromatic rings. The number of fused-ring (bicyclic) bond motifs is 6. The van der Waals surface area contributed by atoms with Gasteiger partial charge >= 0.3 is 0 Å². The number of nitriles is 2. The Morgan fingerprint density at radius 2 is 0.929 bits per heavy atom. The summed E-state index contributed by atoms with van der Waals surface area (Å²) in [7, 11) is 0. The Bertz CT molecular complexity index is 1530. The molecule has 0 saturated heterocycles. The predicted octanol–water partition coefficient (Wildman–Crippen LogP) is 4.22. The van der Waals surface area contributed by atoms with Crippen LogP contribution in [0, 0.1) is 34.5 Å². The number of benzene rings is 3. The molecule has 0 unspecified atom stereocenters. The Kier molecular flexibility index (Phi) is 3.25. The largest absolute Gasteiger partial charge is 0.207 e. The third-order valence-electron chi connectivity index (χ3n) is 5.05. The topological polar surface area (TPSA) is 72.3 Å². The molecule has 0 radical (unpaired) electrons. The predicted molar refractivity (Wildman–Crippen MR) is 101 cm³/mol. The molecular formula is C22H8F2N4. The van der Waals surface area contributed by atoms with E-state index in [2.05, 4.69) is 9.98 Å². The summed E-state index contributed by atoms with van der Waals surface area (Å²) in [6.45, 7) is 0. The van der Waals surface area contributed by atoms with Gasteiger partial charge in [-0.05, 0) is 57.9 Å². The van der Waals surface area contributed by atoms with Crippen molar-refractivity contribution >= 4 is 43.1 Å². The van der Waals surface area contributed by atoms with Gasteiger partial charge in [0.05, 0.1) is 10.7 Å². The zero-order chi connectivity index (χ0) is 19.4. The van der Waals surface area contributed by atoms with E-state index in [0.29, 0.717) is 32.3 Å². The van der Waals surface area contributed by atoms with Gasteiger partial charge in [0.1, 0.15) is 11.6 Å². The van der Waals surface area contributed by atoms with E-state index in [4.69, 9.17) is 10.5 Å². The summed E-state index contributed by atoms with van der Waals surface area (Å²) < 4.78 is 27.6. The normalized spacial score (nSPS) is 13.0. The molecule has 0 amide bonds. The second-order valence-electron chi connectivity index (χ2n) is 6.44. The van der Waals surface area contributed by atoms with Gasteiger partial charge in [-0.3, -0.25) is 0 Å². The molecule has 0 aromatic heterocycles. The maximum atomic E-state index is 13.8. The van der Waals surface area contributed by atoms with Crippen molar-refractivity contribution in [3.63, 3.8) is 0 Å². The van der Waals surface area contributed by atoms with Crippen molar-refractivity contribution in [1.29, 1.82) is 10.5 Å². The Morgan fingerprint density at radius 1 is 0.536 bits per heavy atom. The molecule has 130 valence electrons. The molecule has 0 aliphatic rings. The second kappa shape index (κ2) is 5.67. The van der Waals surface area contributed by atoms with Gasteiger partial charge in [-0.15, -0.1) is 0 Å². The molecule has 0 atom stereocenters. The van der Waals surface area contributed by atoms with E-state index in [1.54, 1.807) is 24.5 Å². The zero-order valence-corrected chi connectivity index (χ0v) is 14.2. The molecule has 6 heteroatoms. The lowest BCUT2D eigenvalue weighted by Gasteiger charge is -1.96. The molecule has 28 heavy (non-hydrogen) atoms. The summed E-state index contributed by atoms with van der Waals surface area (Å²) in [6, 6.07) is 12.4. The van der Waals surface area contributed by atoms with Crippen molar-refractivity contribution in [1.82, 2.24) is 0 Å². The molecule has 5 rings (SSSR count). The van der Waals surface area contributed by atoms with Crippen LogP contribution >= 0.6 is 0 Å². The van der Waals surface area contributed by atoms with Crippen molar-refractivity contribution in [3.8, 4) is 12.4 Å². The lowest BCUT2D eigenvalue weighted by atomic mass is 10.1. The monoisotopic (exact) mass is 366 g/mol. The van der Waals surface area contributed by atoms with Crippen LogP contribution in [-0.2, 0) is 0 Å². The van der Waals surface area contributed by atoms with Gasteiger partial charge in [-0.2, -0.15) is 20.5 Å². The lowest BCUT2D eigenvalue weighted by Crippen LogP contribution is -1.99. The summed E-state index contributed by atoms with van der Waals surface area (Å²) >= 11 is 0. The van der Waals surface area contributed by atoms with Crippen LogP contribution in [0.15, 0.2) is 58.5 Å². The minimum Gasteiger partial charge on any atom is -0.207 e. The van der Waals surface area contributed by atoms with E-state index in [1.165, 1.54) is 24.3 Å². The van der Waals surface area contributed by atoms with E-state index in [0.717, 1.165) is 21.5 Å². The van der Waals surface area contributed by atoms with Crippen molar-refractivity contribution < 1.29 is 8.78 Å². The molecule has 5 aromatic carbocycles. The molecule has 0 aliphatic carbocycles. The Morgan fingerprint density at radius 3 is 1.32 bits per heavy atom. The summed E-state index contributed by atoms with van der Waals surface area (Å²) in [6.07, 6.45) is 3.57. The Hall–Kier alpha value is -4.16. The number of halogens is 2. The fourth-order valence-corrected chi connectivity index (χ4v) is 3.96. The molecule has 0 fully saturated rings. The molecule has 0 N–H and O–H groups in total. The highest BCUT2D eigenvalue weighted by molar-refractivity contribution is 6.21. The highest BCUT2D eigenvalue weighted by atomic mass is 19.1. The summed E-state index contributed by atoms with van der Waals surface area (Å²) in [5.41, 5.74) is 0. The van der Waals surface area contributed by atoms with Crippen LogP contribution < -0.4 is 10.7 Å². The van der Waals surface area contributed by atoms with Gasteiger partial charge in [0.15, 0.2) is 0 Å². The lowest BCUT2D eigenvalue weighted by molar-refractivity contribution is 0.629. The first kappa shape index (κ1) is 16.0. The van der Waals surface area contributed by atoms with Gasteiger partial charge < -0.3 is 0 Å². The van der Waals surface area contributed by atoms with Crippen molar-refractivity contribution in [2.24, 2.45) is 9.98 Å². The average molecular weight is 366 g/mol. The molecular weight excluding hydrogens is 358 g/mol. The second-order valence-corrected chi connectivity index (χ2v) is 6.44. The molecule has 0 bridgehead atoms. The SMILES string of the molecule is N#C/N=c1\c2cc(F)ccc2c2cc3/c(=N/C#N)c4cc(F)ccc4c3cc12. The standard InChI is InChI=1S/C22H8F2N4/c23-11-1-3-13-15-7-20-16(8-19(15)21(27-9-25)17(13)5-11)14-4-2-12(24)6-18(14)22(20)28-10-26/h1-8H/b27-21+,28-22+. The van der Waals surface area contributed by atoms with E-state index < -0.39 is 11.6 Å². The van der Waals surface area contributed by atoms with Gasteiger partial charge in [0.2, 0.25) is 12.4 Å². The zero-order valence-electron chi connectivity index (χ0n) is 14.2. The van der Waals surface area contributed by atoms with Crippen molar-refractivity contribution in [2.45, 2.75) is 0 Å². The fourth-order valence-electron chi connectivity index (χ4n) is 3.96. The van der Waals surface area contributed by atoms with E-state index in [1.807, 2.05) is 12.1 Å². The van der Waals surface area contributed by atoms with Crippen LogP contribution in [0.5, 0.6) is 0 Å². The summed E-state index contributed by atoms with van der Waals surface area (Å²) in [5.74, 6) is -0.838. The Balaban J connectivity index is 2.12. The van der Waals surface area contributed by atoms with Crippen LogP contribution in [0.2, 0.25) is 0 Å². The quantitative estimate of drug-likeness (QED) is 0.385. The minimum absolute atomic E-state index is 0.393. The van der Waals surface area contributed by atoms with Crippen LogP contribution in [0.25, 0.3) is 43.1 Å². The fraction of sp³-hybridized carbons (Fsp3) is 0. The maximum Gasteiger partial charge on any atom is 0.206 e. The summed E-state index contributed by atoms with van der Waals surface area (Å²) in [4.78, 5) is 7.82. The van der Waals surface area contributed by atoms with E-state index in [9.17, 15) is 8.78 Å². The minimum atomic E-state index is -0.419. The molecule has 0 spiro atoms. The highest BCUT2D eigenvalue weighted by Gasteiger charge is 2.15. The third-order valence-corrected chi connectivity index (χ3v) is 5.05. The van der Waals surface area contributed by atoms with Crippen molar-refractivity contribution in [2.75, 3.05) is 0 Å². The first-order valence-electron chi connectivity index (χ1n) is 8.35. The average Bonchev–Trinajstić information content (AvgIpc) is 3.13. The molecule has 0 aliphatic heterocycles. The smallest absolute Gasteiger partial charge is 0.206 e. The number of hydrogen-bond donors (Lipinski definition) is 0. The third kappa shape index (κ3) is 2.06. The van der Waals surface area contributed by atoms with Crippen LogP contribution in [0.4, 0.5) is 8.78 Å². The van der Waals surface area contributed by atoms with Crippen LogP contribution in [-0.4, -0.2) is 0 Å². The molecule has 4 nitrogen and oxygen atoms in total. The van der Waals surface area contributed by atoms with Gasteiger partial charge in [0, 0.05) is 21.5 Å². The molecule has 0 heterocycles. The Labute approximate surface area is 156 Å². The van der Waals surface area contributed by atoms with Crippen molar-refractivity contribution in [3.05, 3.63) is 70.9 Å². The number of nitrogens with zero attached hydrogens (tertiary/aromatic N) is 4. The van der Waals surface area contributed by atoms with Crippen LogP contribution in [0.1, 0.15) is 0 Å². The van der Waals surface area contributed by atoms with E-state index >= 15 is 0 Å². The molecule has 0 saturated carbocycles. The summed E-state index contributed by atoms with van der Waals surface area (Å²) in [5, 5.41) is 24.5. The van der Waals surface area contributed by atoms with Gasteiger partial charge in [0.25, 0.3) is 0 Å². The highest BCUT2D eigenvalue weighted by Crippen LogP contribution is 2.32. The number of rotatable bonds is 0. The van der Waals surface area contributed by atoms with Gasteiger partial charge in [-0.1, -0.05) is 12.1 Å². The number of hydrogen-bond acceptors (Lipinski definition) is 4. The maximum absolute atomic E-state index is 13.8.